The smallest absolute Gasteiger partial charge is 0.303 e. The van der Waals surface area contributed by atoms with Gasteiger partial charge in [-0.05, 0) is 68.9 Å². The highest BCUT2D eigenvalue weighted by molar-refractivity contribution is 7.99. The topological polar surface area (TPSA) is 59.1 Å². The Labute approximate surface area is 188 Å². The second-order valence-corrected chi connectivity index (χ2v) is 9.22. The van der Waals surface area contributed by atoms with Crippen molar-refractivity contribution in [3.8, 4) is 5.75 Å². The van der Waals surface area contributed by atoms with Gasteiger partial charge in [0, 0.05) is 24.9 Å². The summed E-state index contributed by atoms with van der Waals surface area (Å²) >= 11 is 1.56. The van der Waals surface area contributed by atoms with E-state index in [2.05, 4.69) is 19.1 Å². The minimum Gasteiger partial charge on any atom is -0.497 e. The SMILES string of the molecule is COc1ccc(C2Sc3cc(C)c(C)cc3N(CCN(C)C)C(=O)C2OC(C)=O)cc1. The zero-order valence-corrected chi connectivity index (χ0v) is 19.8. The third-order valence-corrected chi connectivity index (χ3v) is 6.77. The molecule has 31 heavy (non-hydrogen) atoms. The number of esters is 1. The Morgan fingerprint density at radius 2 is 1.77 bits per heavy atom. The Morgan fingerprint density at radius 1 is 1.13 bits per heavy atom. The van der Waals surface area contributed by atoms with Crippen LogP contribution in [0.5, 0.6) is 5.75 Å². The largest absolute Gasteiger partial charge is 0.497 e. The molecule has 1 aliphatic rings. The van der Waals surface area contributed by atoms with Crippen molar-refractivity contribution in [2.24, 2.45) is 0 Å². The molecule has 1 heterocycles. The number of benzene rings is 2. The van der Waals surface area contributed by atoms with E-state index in [4.69, 9.17) is 9.47 Å². The molecule has 2 aromatic carbocycles. The van der Waals surface area contributed by atoms with E-state index in [-0.39, 0.29) is 11.2 Å². The number of hydrogen-bond acceptors (Lipinski definition) is 6. The highest BCUT2D eigenvalue weighted by atomic mass is 32.2. The standard InChI is InChI=1S/C24H30N2O4S/c1-15-13-20-21(14-16(15)2)31-23(18-7-9-19(29-6)10-8-18)22(30-17(3)27)24(28)26(20)12-11-25(4)5/h7-10,13-14,22-23H,11-12H2,1-6H3. The first kappa shape index (κ1) is 23.2. The third kappa shape index (κ3) is 5.22. The first-order chi connectivity index (χ1) is 14.7. The molecule has 0 aliphatic carbocycles. The lowest BCUT2D eigenvalue weighted by Gasteiger charge is -2.28. The van der Waals surface area contributed by atoms with Crippen LogP contribution in [0.1, 0.15) is 28.9 Å². The average Bonchev–Trinajstić information content (AvgIpc) is 2.82. The van der Waals surface area contributed by atoms with Gasteiger partial charge in [-0.2, -0.15) is 0 Å². The molecule has 3 rings (SSSR count). The van der Waals surface area contributed by atoms with Gasteiger partial charge in [-0.25, -0.2) is 0 Å². The molecule has 0 fully saturated rings. The van der Waals surface area contributed by atoms with Crippen LogP contribution in [0.2, 0.25) is 0 Å². The Kier molecular flexibility index (Phi) is 7.28. The number of likely N-dealkylation sites (N-methyl/N-ethyl adjacent to an activating group) is 1. The molecule has 7 heteroatoms. The molecule has 2 atom stereocenters. The molecular formula is C24H30N2O4S. The number of carbonyl (C=O) groups is 2. The average molecular weight is 443 g/mol. The zero-order valence-electron chi connectivity index (χ0n) is 19.0. The molecule has 0 bridgehead atoms. The molecule has 0 N–H and O–H groups in total. The Balaban J connectivity index is 2.13. The van der Waals surface area contributed by atoms with Gasteiger partial charge in [-0.3, -0.25) is 9.59 Å². The first-order valence-electron chi connectivity index (χ1n) is 10.3. The molecular weight excluding hydrogens is 412 g/mol. The van der Waals surface area contributed by atoms with Gasteiger partial charge in [0.25, 0.3) is 5.91 Å². The number of rotatable bonds is 6. The summed E-state index contributed by atoms with van der Waals surface area (Å²) in [4.78, 5) is 30.5. The third-order valence-electron chi connectivity index (χ3n) is 5.41. The molecule has 0 spiro atoms. The van der Waals surface area contributed by atoms with Crippen LogP contribution in [0, 0.1) is 13.8 Å². The molecule has 166 valence electrons. The molecule has 1 amide bonds. The van der Waals surface area contributed by atoms with Crippen molar-refractivity contribution in [2.75, 3.05) is 39.2 Å². The van der Waals surface area contributed by atoms with Crippen LogP contribution < -0.4 is 9.64 Å². The highest BCUT2D eigenvalue weighted by Crippen LogP contribution is 2.47. The van der Waals surface area contributed by atoms with E-state index in [0.717, 1.165) is 33.0 Å². The molecule has 1 aliphatic heterocycles. The monoisotopic (exact) mass is 442 g/mol. The van der Waals surface area contributed by atoms with E-state index >= 15 is 0 Å². The van der Waals surface area contributed by atoms with Crippen molar-refractivity contribution in [3.63, 3.8) is 0 Å². The van der Waals surface area contributed by atoms with E-state index in [1.165, 1.54) is 6.92 Å². The highest BCUT2D eigenvalue weighted by Gasteiger charge is 2.41. The van der Waals surface area contributed by atoms with Crippen LogP contribution in [0.4, 0.5) is 5.69 Å². The van der Waals surface area contributed by atoms with E-state index in [9.17, 15) is 9.59 Å². The lowest BCUT2D eigenvalue weighted by molar-refractivity contribution is -0.152. The number of thioether (sulfide) groups is 1. The second-order valence-electron chi connectivity index (χ2n) is 8.04. The molecule has 0 saturated heterocycles. The molecule has 2 unspecified atom stereocenters. The van der Waals surface area contributed by atoms with Gasteiger partial charge in [-0.1, -0.05) is 12.1 Å². The number of ether oxygens (including phenoxy) is 2. The lowest BCUT2D eigenvalue weighted by atomic mass is 10.0. The number of anilines is 1. The normalized spacial score (nSPS) is 18.5. The fourth-order valence-electron chi connectivity index (χ4n) is 3.54. The van der Waals surface area contributed by atoms with Crippen LogP contribution in [0.15, 0.2) is 41.3 Å². The van der Waals surface area contributed by atoms with Crippen molar-refractivity contribution in [3.05, 3.63) is 53.1 Å². The zero-order chi connectivity index (χ0) is 22.7. The quantitative estimate of drug-likeness (QED) is 0.631. The van der Waals surface area contributed by atoms with Crippen molar-refractivity contribution in [1.29, 1.82) is 0 Å². The van der Waals surface area contributed by atoms with Crippen molar-refractivity contribution in [1.82, 2.24) is 4.90 Å². The van der Waals surface area contributed by atoms with E-state index in [1.807, 2.05) is 50.2 Å². The maximum absolute atomic E-state index is 13.8. The summed E-state index contributed by atoms with van der Waals surface area (Å²) in [5, 5.41) is -0.368. The first-order valence-corrected chi connectivity index (χ1v) is 11.1. The second kappa shape index (κ2) is 9.75. The molecule has 2 aromatic rings. The summed E-state index contributed by atoms with van der Waals surface area (Å²) in [7, 11) is 5.56. The van der Waals surface area contributed by atoms with Gasteiger partial charge in [0.15, 0.2) is 6.10 Å². The van der Waals surface area contributed by atoms with Crippen molar-refractivity contribution >= 4 is 29.3 Å². The number of methoxy groups -OCH3 is 1. The Morgan fingerprint density at radius 3 is 2.35 bits per heavy atom. The summed E-state index contributed by atoms with van der Waals surface area (Å²) in [6, 6.07) is 11.8. The molecule has 0 aromatic heterocycles. The summed E-state index contributed by atoms with van der Waals surface area (Å²) < 4.78 is 10.9. The lowest BCUT2D eigenvalue weighted by Crippen LogP contribution is -2.45. The van der Waals surface area contributed by atoms with E-state index in [1.54, 1.807) is 23.8 Å². The van der Waals surface area contributed by atoms with Crippen LogP contribution >= 0.6 is 11.8 Å². The van der Waals surface area contributed by atoms with Gasteiger partial charge >= 0.3 is 5.97 Å². The fourth-order valence-corrected chi connectivity index (χ4v) is 4.94. The Hall–Kier alpha value is -2.51. The number of carbonyl (C=O) groups excluding carboxylic acids is 2. The fraction of sp³-hybridized carbons (Fsp3) is 0.417. The van der Waals surface area contributed by atoms with E-state index < -0.39 is 12.1 Å². The Bertz CT molecular complexity index is 959. The van der Waals surface area contributed by atoms with Crippen LogP contribution in [0.25, 0.3) is 0 Å². The maximum atomic E-state index is 13.8. The maximum Gasteiger partial charge on any atom is 0.303 e. The van der Waals surface area contributed by atoms with Gasteiger partial charge in [0.2, 0.25) is 0 Å². The van der Waals surface area contributed by atoms with Crippen LogP contribution in [-0.4, -0.2) is 57.2 Å². The summed E-state index contributed by atoms with van der Waals surface area (Å²) in [6.45, 7) is 6.67. The number of aryl methyl sites for hydroxylation is 2. The van der Waals surface area contributed by atoms with Gasteiger partial charge in [-0.15, -0.1) is 11.8 Å². The van der Waals surface area contributed by atoms with Crippen LogP contribution in [-0.2, 0) is 14.3 Å². The summed E-state index contributed by atoms with van der Waals surface area (Å²) in [5.74, 6) is 0.0629. The number of fused-ring (bicyclic) bond motifs is 1. The molecule has 0 radical (unpaired) electrons. The molecule has 0 saturated carbocycles. The van der Waals surface area contributed by atoms with Crippen molar-refractivity contribution < 1.29 is 19.1 Å². The number of hydrogen-bond donors (Lipinski definition) is 0. The minimum absolute atomic E-state index is 0.202. The molecule has 6 nitrogen and oxygen atoms in total. The van der Waals surface area contributed by atoms with Gasteiger partial charge < -0.3 is 19.3 Å². The van der Waals surface area contributed by atoms with Crippen molar-refractivity contribution in [2.45, 2.75) is 37.0 Å². The minimum atomic E-state index is -0.925. The van der Waals surface area contributed by atoms with Gasteiger partial charge in [0.05, 0.1) is 18.0 Å². The number of nitrogens with zero attached hydrogens (tertiary/aromatic N) is 2. The summed E-state index contributed by atoms with van der Waals surface area (Å²) in [6.07, 6.45) is -0.925. The summed E-state index contributed by atoms with van der Waals surface area (Å²) in [5.41, 5.74) is 4.05. The predicted octanol–water partition coefficient (Wildman–Crippen LogP) is 3.99. The number of amides is 1. The van der Waals surface area contributed by atoms with Crippen LogP contribution in [0.3, 0.4) is 0 Å². The predicted molar refractivity (Wildman–Crippen MR) is 124 cm³/mol. The van der Waals surface area contributed by atoms with Gasteiger partial charge in [0.1, 0.15) is 5.75 Å². The van der Waals surface area contributed by atoms with E-state index in [0.29, 0.717) is 13.1 Å².